The Morgan fingerprint density at radius 2 is 1.89 bits per heavy atom. The number of halogens is 1. The summed E-state index contributed by atoms with van der Waals surface area (Å²) in [5.41, 5.74) is 4.94. The van der Waals surface area contributed by atoms with Crippen LogP contribution in [0.4, 0.5) is 4.39 Å². The molecule has 1 fully saturated rings. The summed E-state index contributed by atoms with van der Waals surface area (Å²) in [5, 5.41) is 1.39. The minimum Gasteiger partial charge on any atom is -0.347 e. The van der Waals surface area contributed by atoms with Crippen molar-refractivity contribution >= 4 is 16.7 Å². The highest BCUT2D eigenvalue weighted by atomic mass is 19.1. The molecular formula is C24H25FN2O. The van der Waals surface area contributed by atoms with Crippen molar-refractivity contribution in [1.29, 1.82) is 0 Å². The van der Waals surface area contributed by atoms with Crippen molar-refractivity contribution in [2.75, 3.05) is 6.54 Å². The zero-order chi connectivity index (χ0) is 19.3. The van der Waals surface area contributed by atoms with Crippen LogP contribution >= 0.6 is 0 Å². The molecule has 0 amide bonds. The third-order valence-electron chi connectivity index (χ3n) is 6.66. The molecule has 2 atom stereocenters. The van der Waals surface area contributed by atoms with E-state index in [1.165, 1.54) is 47.1 Å². The maximum absolute atomic E-state index is 13.1. The molecule has 28 heavy (non-hydrogen) atoms. The molecule has 0 N–H and O–H groups in total. The molecule has 0 saturated carbocycles. The number of rotatable bonds is 5. The molecule has 0 aliphatic carbocycles. The Kier molecular flexibility index (Phi) is 4.31. The number of hydrogen-bond donors (Lipinski definition) is 0. The maximum atomic E-state index is 13.1. The first-order chi connectivity index (χ1) is 13.6. The van der Waals surface area contributed by atoms with E-state index in [0.29, 0.717) is 24.1 Å². The van der Waals surface area contributed by atoms with Crippen molar-refractivity contribution in [3.63, 3.8) is 0 Å². The van der Waals surface area contributed by atoms with Gasteiger partial charge in [-0.2, -0.15) is 0 Å². The molecule has 1 aromatic heterocycles. The van der Waals surface area contributed by atoms with Crippen LogP contribution < -0.4 is 0 Å². The van der Waals surface area contributed by atoms with Gasteiger partial charge in [0, 0.05) is 54.1 Å². The van der Waals surface area contributed by atoms with Gasteiger partial charge in [0.25, 0.3) is 0 Å². The third-order valence-corrected chi connectivity index (χ3v) is 6.66. The number of aromatic nitrogens is 1. The van der Waals surface area contributed by atoms with Gasteiger partial charge in [-0.05, 0) is 61.7 Å². The zero-order valence-corrected chi connectivity index (χ0v) is 16.2. The number of carbonyl (C=O) groups excluding carboxylic acids is 1. The average molecular weight is 376 g/mol. The molecule has 144 valence electrons. The van der Waals surface area contributed by atoms with Gasteiger partial charge in [0.15, 0.2) is 5.78 Å². The lowest BCUT2D eigenvalue weighted by Gasteiger charge is -2.35. The lowest BCUT2D eigenvalue weighted by atomic mass is 9.96. The fourth-order valence-electron chi connectivity index (χ4n) is 5.32. The Labute approximate surface area is 164 Å². The Morgan fingerprint density at radius 1 is 1.11 bits per heavy atom. The summed E-state index contributed by atoms with van der Waals surface area (Å²) in [4.78, 5) is 15.0. The largest absolute Gasteiger partial charge is 0.347 e. The number of Topliss-reactive ketones (excluding diaryl/α,β-unsaturated/α-hetero) is 1. The standard InChI is InChI=1S/C24H25FN2O/c1-26-20-6-3-2-5-19(20)24-21-13-12-18(15-22(24)26)27(21)14-4-7-23(28)16-8-10-17(25)11-9-16/h2-3,5-6,8-11,18,21H,4,7,12-15H2,1H3/t18-,21+/m0/s1. The van der Waals surface area contributed by atoms with Crippen LogP contribution in [0, 0.1) is 5.82 Å². The fraction of sp³-hybridized carbons (Fsp3) is 0.375. The van der Waals surface area contributed by atoms with Crippen molar-refractivity contribution in [3.05, 3.63) is 71.2 Å². The summed E-state index contributed by atoms with van der Waals surface area (Å²) in [6.45, 7) is 0.949. The molecule has 2 aliphatic heterocycles. The van der Waals surface area contributed by atoms with E-state index in [-0.39, 0.29) is 11.6 Å². The summed E-state index contributed by atoms with van der Waals surface area (Å²) in [5.74, 6) is -0.192. The van der Waals surface area contributed by atoms with Crippen molar-refractivity contribution < 1.29 is 9.18 Å². The molecule has 0 radical (unpaired) electrons. The number of nitrogens with zero attached hydrogens (tertiary/aromatic N) is 2. The second-order valence-electron chi connectivity index (χ2n) is 8.16. The first-order valence-corrected chi connectivity index (χ1v) is 10.2. The van der Waals surface area contributed by atoms with Crippen molar-refractivity contribution in [2.45, 2.75) is 44.2 Å². The van der Waals surface area contributed by atoms with E-state index in [4.69, 9.17) is 0 Å². The molecule has 5 rings (SSSR count). The number of fused-ring (bicyclic) bond motifs is 6. The zero-order valence-electron chi connectivity index (χ0n) is 16.2. The lowest BCUT2D eigenvalue weighted by Crippen LogP contribution is -2.38. The number of benzene rings is 2. The Morgan fingerprint density at radius 3 is 2.71 bits per heavy atom. The summed E-state index contributed by atoms with van der Waals surface area (Å²) in [7, 11) is 2.19. The highest BCUT2D eigenvalue weighted by molar-refractivity contribution is 5.96. The normalized spacial score (nSPS) is 21.2. The monoisotopic (exact) mass is 376 g/mol. The van der Waals surface area contributed by atoms with E-state index < -0.39 is 0 Å². The second kappa shape index (κ2) is 6.85. The Hall–Kier alpha value is -2.46. The van der Waals surface area contributed by atoms with Crippen LogP contribution in [0.15, 0.2) is 48.5 Å². The maximum Gasteiger partial charge on any atom is 0.162 e. The number of hydrogen-bond acceptors (Lipinski definition) is 2. The molecule has 0 spiro atoms. The molecule has 3 aromatic rings. The Bertz CT molecular complexity index is 1040. The van der Waals surface area contributed by atoms with Gasteiger partial charge < -0.3 is 4.57 Å². The predicted molar refractivity (Wildman–Crippen MR) is 109 cm³/mol. The summed E-state index contributed by atoms with van der Waals surface area (Å²) in [6.07, 6.45) is 4.91. The number of ketones is 1. The van der Waals surface area contributed by atoms with Gasteiger partial charge in [0.05, 0.1) is 0 Å². The van der Waals surface area contributed by atoms with E-state index in [9.17, 15) is 9.18 Å². The van der Waals surface area contributed by atoms with Crippen molar-refractivity contribution in [1.82, 2.24) is 9.47 Å². The minimum absolute atomic E-state index is 0.107. The van der Waals surface area contributed by atoms with E-state index in [1.54, 1.807) is 12.1 Å². The van der Waals surface area contributed by atoms with Crippen LogP contribution in [-0.2, 0) is 13.5 Å². The van der Waals surface area contributed by atoms with Gasteiger partial charge in [-0.3, -0.25) is 9.69 Å². The number of aryl methyl sites for hydroxylation is 1. The molecule has 3 heterocycles. The third kappa shape index (κ3) is 2.78. The first-order valence-electron chi connectivity index (χ1n) is 10.2. The van der Waals surface area contributed by atoms with Gasteiger partial charge in [0.1, 0.15) is 5.82 Å². The van der Waals surface area contributed by atoms with Crippen LogP contribution in [0.5, 0.6) is 0 Å². The van der Waals surface area contributed by atoms with Crippen molar-refractivity contribution in [2.24, 2.45) is 7.05 Å². The van der Waals surface area contributed by atoms with Crippen LogP contribution in [-0.4, -0.2) is 27.8 Å². The van der Waals surface area contributed by atoms with Crippen molar-refractivity contribution in [3.8, 4) is 0 Å². The smallest absolute Gasteiger partial charge is 0.162 e. The molecule has 2 aliphatic rings. The van der Waals surface area contributed by atoms with Crippen LogP contribution in [0.3, 0.4) is 0 Å². The highest BCUT2D eigenvalue weighted by Gasteiger charge is 2.41. The summed E-state index contributed by atoms with van der Waals surface area (Å²) in [6, 6.07) is 15.7. The van der Waals surface area contributed by atoms with Gasteiger partial charge in [-0.1, -0.05) is 18.2 Å². The SMILES string of the molecule is Cn1c2c(c3ccccc31)[C@H]1CC[C@@H](C2)N1CCCC(=O)c1ccc(F)cc1. The fourth-order valence-corrected chi connectivity index (χ4v) is 5.32. The number of para-hydroxylation sites is 1. The lowest BCUT2D eigenvalue weighted by molar-refractivity contribution is 0.0966. The molecular weight excluding hydrogens is 351 g/mol. The highest BCUT2D eigenvalue weighted by Crippen LogP contribution is 2.47. The van der Waals surface area contributed by atoms with E-state index in [1.807, 2.05) is 0 Å². The van der Waals surface area contributed by atoms with Crippen LogP contribution in [0.1, 0.15) is 53.3 Å². The topological polar surface area (TPSA) is 25.2 Å². The van der Waals surface area contributed by atoms with E-state index >= 15 is 0 Å². The van der Waals surface area contributed by atoms with Gasteiger partial charge in [-0.25, -0.2) is 4.39 Å². The van der Waals surface area contributed by atoms with E-state index in [0.717, 1.165) is 19.4 Å². The Balaban J connectivity index is 1.32. The minimum atomic E-state index is -0.299. The van der Waals surface area contributed by atoms with Crippen LogP contribution in [0.2, 0.25) is 0 Å². The number of carbonyl (C=O) groups is 1. The predicted octanol–water partition coefficient (Wildman–Crippen LogP) is 5.04. The van der Waals surface area contributed by atoms with Gasteiger partial charge in [-0.15, -0.1) is 0 Å². The average Bonchev–Trinajstić information content (AvgIpc) is 3.14. The van der Waals surface area contributed by atoms with Gasteiger partial charge in [0.2, 0.25) is 0 Å². The molecule has 4 heteroatoms. The first kappa shape index (κ1) is 17.6. The van der Waals surface area contributed by atoms with E-state index in [2.05, 4.69) is 40.8 Å². The summed E-state index contributed by atoms with van der Waals surface area (Å²) < 4.78 is 15.4. The molecule has 3 nitrogen and oxygen atoms in total. The molecule has 2 aromatic carbocycles. The van der Waals surface area contributed by atoms with Crippen LogP contribution in [0.25, 0.3) is 10.9 Å². The molecule has 1 saturated heterocycles. The molecule has 0 unspecified atom stereocenters. The summed E-state index contributed by atoms with van der Waals surface area (Å²) >= 11 is 0. The second-order valence-corrected chi connectivity index (χ2v) is 8.16. The molecule has 2 bridgehead atoms. The van der Waals surface area contributed by atoms with Gasteiger partial charge >= 0.3 is 0 Å². The quantitative estimate of drug-likeness (QED) is 0.583.